The second-order valence-electron chi connectivity index (χ2n) is 3.17. The lowest BCUT2D eigenvalue weighted by Crippen LogP contribution is -2.51. The molecule has 4 nitrogen and oxygen atoms in total. The molecule has 1 rings (SSSR count). The van der Waals surface area contributed by atoms with Crippen molar-refractivity contribution >= 4 is 5.91 Å². The predicted molar refractivity (Wildman–Crippen MR) is 46.8 cm³/mol. The van der Waals surface area contributed by atoms with E-state index < -0.39 is 5.54 Å². The SMILES string of the molecule is C#CCC(=O)NC1(CO)CCOC1. The normalized spacial score (nSPS) is 26.8. The Labute approximate surface area is 77.3 Å². The van der Waals surface area contributed by atoms with Crippen LogP contribution in [0.4, 0.5) is 0 Å². The van der Waals surface area contributed by atoms with Crippen LogP contribution in [-0.4, -0.2) is 36.4 Å². The van der Waals surface area contributed by atoms with Gasteiger partial charge in [-0.3, -0.25) is 4.79 Å². The molecular formula is C9H13NO3. The highest BCUT2D eigenvalue weighted by atomic mass is 16.5. The predicted octanol–water partition coefficient (Wildman–Crippen LogP) is -0.723. The lowest BCUT2D eigenvalue weighted by molar-refractivity contribution is -0.122. The minimum Gasteiger partial charge on any atom is -0.394 e. The first-order chi connectivity index (χ1) is 6.22. The average molecular weight is 183 g/mol. The number of carbonyl (C=O) groups excluding carboxylic acids is 1. The van der Waals surface area contributed by atoms with Crippen LogP contribution in [0, 0.1) is 12.3 Å². The minimum absolute atomic E-state index is 0.0434. The number of nitrogens with one attached hydrogen (secondary N) is 1. The molecule has 2 N–H and O–H groups in total. The van der Waals surface area contributed by atoms with Gasteiger partial charge in [0, 0.05) is 6.61 Å². The van der Waals surface area contributed by atoms with Crippen molar-refractivity contribution in [3.05, 3.63) is 0 Å². The van der Waals surface area contributed by atoms with E-state index in [2.05, 4.69) is 11.2 Å². The van der Waals surface area contributed by atoms with Gasteiger partial charge >= 0.3 is 0 Å². The fourth-order valence-electron chi connectivity index (χ4n) is 1.30. The molecule has 0 saturated carbocycles. The van der Waals surface area contributed by atoms with Crippen molar-refractivity contribution in [1.82, 2.24) is 5.32 Å². The molecule has 0 spiro atoms. The van der Waals surface area contributed by atoms with Gasteiger partial charge in [-0.2, -0.15) is 0 Å². The van der Waals surface area contributed by atoms with E-state index in [1.165, 1.54) is 0 Å². The molecule has 1 amide bonds. The summed E-state index contributed by atoms with van der Waals surface area (Å²) in [6.45, 7) is 0.819. The van der Waals surface area contributed by atoms with Crippen LogP contribution in [0.1, 0.15) is 12.8 Å². The van der Waals surface area contributed by atoms with Crippen LogP contribution in [0.25, 0.3) is 0 Å². The Morgan fingerprint density at radius 3 is 3.00 bits per heavy atom. The summed E-state index contributed by atoms with van der Waals surface area (Å²) < 4.78 is 5.10. The molecule has 0 aromatic rings. The standard InChI is InChI=1S/C9H13NO3/c1-2-3-8(12)10-9(6-11)4-5-13-7-9/h1,11H,3-7H2,(H,10,12). The molecule has 1 unspecified atom stereocenters. The van der Waals surface area contributed by atoms with E-state index in [0.29, 0.717) is 19.6 Å². The second kappa shape index (κ2) is 4.26. The van der Waals surface area contributed by atoms with Gasteiger partial charge in [0.1, 0.15) is 0 Å². The lowest BCUT2D eigenvalue weighted by atomic mass is 10.00. The third kappa shape index (κ3) is 2.44. The first kappa shape index (κ1) is 10.0. The van der Waals surface area contributed by atoms with E-state index in [1.54, 1.807) is 0 Å². The quantitative estimate of drug-likeness (QED) is 0.567. The van der Waals surface area contributed by atoms with Gasteiger partial charge in [-0.25, -0.2) is 0 Å². The number of aliphatic hydroxyl groups excluding tert-OH is 1. The second-order valence-corrected chi connectivity index (χ2v) is 3.17. The summed E-state index contributed by atoms with van der Waals surface area (Å²) >= 11 is 0. The lowest BCUT2D eigenvalue weighted by Gasteiger charge is -2.25. The van der Waals surface area contributed by atoms with Gasteiger partial charge in [-0.05, 0) is 6.42 Å². The Kier molecular flexibility index (Phi) is 3.29. The smallest absolute Gasteiger partial charge is 0.232 e. The Balaban J connectivity index is 2.49. The molecule has 1 heterocycles. The molecule has 1 fully saturated rings. The third-order valence-electron chi connectivity index (χ3n) is 2.07. The van der Waals surface area contributed by atoms with Crippen LogP contribution in [0.5, 0.6) is 0 Å². The third-order valence-corrected chi connectivity index (χ3v) is 2.07. The molecule has 1 aliphatic heterocycles. The van der Waals surface area contributed by atoms with E-state index >= 15 is 0 Å². The van der Waals surface area contributed by atoms with Crippen molar-refractivity contribution < 1.29 is 14.6 Å². The average Bonchev–Trinajstić information content (AvgIpc) is 2.54. The van der Waals surface area contributed by atoms with Gasteiger partial charge in [0.2, 0.25) is 5.91 Å². The van der Waals surface area contributed by atoms with Crippen LogP contribution >= 0.6 is 0 Å². The van der Waals surface area contributed by atoms with E-state index in [9.17, 15) is 4.79 Å². The maximum atomic E-state index is 11.1. The zero-order chi connectivity index (χ0) is 9.73. The molecule has 13 heavy (non-hydrogen) atoms. The van der Waals surface area contributed by atoms with Gasteiger partial charge < -0.3 is 15.2 Å². The number of terminal acetylenes is 1. The van der Waals surface area contributed by atoms with Crippen molar-refractivity contribution in [3.63, 3.8) is 0 Å². The van der Waals surface area contributed by atoms with E-state index in [-0.39, 0.29) is 18.9 Å². The Morgan fingerprint density at radius 1 is 1.77 bits per heavy atom. The summed E-state index contributed by atoms with van der Waals surface area (Å²) in [5.74, 6) is 2.01. The molecule has 72 valence electrons. The number of ether oxygens (including phenoxy) is 1. The van der Waals surface area contributed by atoms with Crippen LogP contribution in [-0.2, 0) is 9.53 Å². The molecule has 4 heteroatoms. The number of rotatable bonds is 3. The van der Waals surface area contributed by atoms with Crippen LogP contribution < -0.4 is 5.32 Å². The fourth-order valence-corrected chi connectivity index (χ4v) is 1.30. The molecule has 0 aliphatic carbocycles. The number of amides is 1. The van der Waals surface area contributed by atoms with Crippen LogP contribution in [0.3, 0.4) is 0 Å². The highest BCUT2D eigenvalue weighted by Crippen LogP contribution is 2.17. The minimum atomic E-state index is -0.603. The fraction of sp³-hybridized carbons (Fsp3) is 0.667. The Morgan fingerprint density at radius 2 is 2.54 bits per heavy atom. The van der Waals surface area contributed by atoms with Crippen molar-refractivity contribution in [2.75, 3.05) is 19.8 Å². The molecular weight excluding hydrogens is 170 g/mol. The van der Waals surface area contributed by atoms with Crippen LogP contribution in [0.2, 0.25) is 0 Å². The molecule has 0 bridgehead atoms. The molecule has 0 radical (unpaired) electrons. The molecule has 0 aromatic carbocycles. The van der Waals surface area contributed by atoms with Gasteiger partial charge in [-0.15, -0.1) is 6.42 Å². The number of aliphatic hydroxyl groups is 1. The van der Waals surface area contributed by atoms with Gasteiger partial charge in [0.05, 0.1) is 25.2 Å². The van der Waals surface area contributed by atoms with Crippen molar-refractivity contribution in [1.29, 1.82) is 0 Å². The molecule has 1 atom stereocenters. The summed E-state index contributed by atoms with van der Waals surface area (Å²) in [6.07, 6.45) is 5.67. The van der Waals surface area contributed by atoms with Gasteiger partial charge in [-0.1, -0.05) is 5.92 Å². The Hall–Kier alpha value is -1.05. The number of carbonyl (C=O) groups is 1. The van der Waals surface area contributed by atoms with Crippen molar-refractivity contribution in [2.45, 2.75) is 18.4 Å². The van der Waals surface area contributed by atoms with Crippen LogP contribution in [0.15, 0.2) is 0 Å². The van der Waals surface area contributed by atoms with Gasteiger partial charge in [0.25, 0.3) is 0 Å². The maximum Gasteiger partial charge on any atom is 0.232 e. The highest BCUT2D eigenvalue weighted by molar-refractivity contribution is 5.79. The number of hydrogen-bond donors (Lipinski definition) is 2. The molecule has 0 aromatic heterocycles. The first-order valence-electron chi connectivity index (χ1n) is 4.15. The zero-order valence-electron chi connectivity index (χ0n) is 7.38. The summed E-state index contributed by atoms with van der Waals surface area (Å²) in [5.41, 5.74) is -0.603. The summed E-state index contributed by atoms with van der Waals surface area (Å²) in [5, 5.41) is 11.8. The first-order valence-corrected chi connectivity index (χ1v) is 4.15. The summed E-state index contributed by atoms with van der Waals surface area (Å²) in [4.78, 5) is 11.1. The monoisotopic (exact) mass is 183 g/mol. The van der Waals surface area contributed by atoms with Gasteiger partial charge in [0.15, 0.2) is 0 Å². The Bertz CT molecular complexity index is 226. The number of hydrogen-bond acceptors (Lipinski definition) is 3. The van der Waals surface area contributed by atoms with E-state index in [1.807, 2.05) is 0 Å². The molecule has 1 saturated heterocycles. The highest BCUT2D eigenvalue weighted by Gasteiger charge is 2.35. The van der Waals surface area contributed by atoms with E-state index in [4.69, 9.17) is 16.3 Å². The van der Waals surface area contributed by atoms with Crippen molar-refractivity contribution in [3.8, 4) is 12.3 Å². The van der Waals surface area contributed by atoms with E-state index in [0.717, 1.165) is 0 Å². The summed E-state index contributed by atoms with van der Waals surface area (Å²) in [6, 6.07) is 0. The largest absolute Gasteiger partial charge is 0.394 e. The summed E-state index contributed by atoms with van der Waals surface area (Å²) in [7, 11) is 0. The maximum absolute atomic E-state index is 11.1. The van der Waals surface area contributed by atoms with Crippen molar-refractivity contribution in [2.24, 2.45) is 0 Å². The topological polar surface area (TPSA) is 58.6 Å². The zero-order valence-corrected chi connectivity index (χ0v) is 7.38. The molecule has 1 aliphatic rings.